The second kappa shape index (κ2) is 32.1. The topological polar surface area (TPSA) is 171 Å². The van der Waals surface area contributed by atoms with Gasteiger partial charge in [-0.25, -0.2) is 39.9 Å². The molecule has 8 heterocycles. The van der Waals surface area contributed by atoms with Gasteiger partial charge in [0.15, 0.2) is 23.3 Å². The van der Waals surface area contributed by atoms with Gasteiger partial charge in [-0.15, -0.1) is 0 Å². The molecule has 0 amide bonds. The van der Waals surface area contributed by atoms with Gasteiger partial charge in [0.05, 0.1) is 56.8 Å². The van der Waals surface area contributed by atoms with Crippen LogP contribution >= 0.6 is 0 Å². The maximum atomic E-state index is 5.04. The molecule has 0 bridgehead atoms. The molecule has 13 aromatic rings. The summed E-state index contributed by atoms with van der Waals surface area (Å²) in [6.07, 6.45) is 25.6. The van der Waals surface area contributed by atoms with Gasteiger partial charge in [-0.3, -0.25) is 0 Å². The Morgan fingerprint density at radius 2 is 0.830 bits per heavy atom. The Labute approximate surface area is 554 Å². The van der Waals surface area contributed by atoms with E-state index in [1.165, 1.54) is 145 Å². The van der Waals surface area contributed by atoms with Gasteiger partial charge in [0.2, 0.25) is 0 Å². The molecule has 0 radical (unpaired) electrons. The van der Waals surface area contributed by atoms with Crippen molar-refractivity contribution in [1.82, 2.24) is 58.1 Å². The third kappa shape index (κ3) is 15.1. The van der Waals surface area contributed by atoms with Crippen LogP contribution in [0.2, 0.25) is 0 Å². The minimum atomic E-state index is 0.544. The lowest BCUT2D eigenvalue weighted by molar-refractivity contribution is 0.320. The van der Waals surface area contributed by atoms with Crippen LogP contribution in [0.5, 0.6) is 0 Å². The summed E-state index contributed by atoms with van der Waals surface area (Å²) in [7, 11) is 7.65. The molecule has 0 unspecified atom stereocenters. The number of para-hydroxylation sites is 4. The molecular formula is C78H98N16. The van der Waals surface area contributed by atoms with Crippen LogP contribution in [0.1, 0.15) is 141 Å². The molecule has 8 aromatic heterocycles. The zero-order valence-corrected chi connectivity index (χ0v) is 57.1. The van der Waals surface area contributed by atoms with E-state index in [4.69, 9.17) is 19.9 Å². The zero-order valence-electron chi connectivity index (χ0n) is 57.1. The Kier molecular flexibility index (Phi) is 22.6. The van der Waals surface area contributed by atoms with E-state index >= 15 is 0 Å². The van der Waals surface area contributed by atoms with Crippen LogP contribution < -0.4 is 21.3 Å². The summed E-state index contributed by atoms with van der Waals surface area (Å²) in [6, 6.07) is 44.0. The Hall–Kier alpha value is -9.18. The molecule has 4 N–H and O–H groups in total. The second-order valence-corrected chi connectivity index (χ2v) is 25.7. The molecule has 14 rings (SSSR count). The summed E-state index contributed by atoms with van der Waals surface area (Å²) in [5, 5.41) is 17.5. The average Bonchev–Trinajstić information content (AvgIpc) is 1.60. The monoisotopic (exact) mass is 1260 g/mol. The first-order chi connectivity index (χ1) is 46.1. The lowest BCUT2D eigenvalue weighted by atomic mass is 9.89. The second-order valence-electron chi connectivity index (χ2n) is 25.7. The lowest BCUT2D eigenvalue weighted by Gasteiger charge is -2.23. The van der Waals surface area contributed by atoms with Crippen molar-refractivity contribution in [2.45, 2.75) is 170 Å². The number of nitrogens with one attached hydrogen (secondary N) is 4. The van der Waals surface area contributed by atoms with Gasteiger partial charge in [-0.05, 0) is 80.7 Å². The van der Waals surface area contributed by atoms with E-state index in [0.29, 0.717) is 5.92 Å². The summed E-state index contributed by atoms with van der Waals surface area (Å²) in [5.74, 6) is 7.01. The van der Waals surface area contributed by atoms with E-state index in [-0.39, 0.29) is 0 Å². The van der Waals surface area contributed by atoms with Crippen LogP contribution in [0.3, 0.4) is 0 Å². The molecule has 490 valence electrons. The molecule has 1 aliphatic carbocycles. The van der Waals surface area contributed by atoms with Gasteiger partial charge in [-0.1, -0.05) is 201 Å². The van der Waals surface area contributed by atoms with E-state index in [1.54, 1.807) is 0 Å². The van der Waals surface area contributed by atoms with E-state index in [1.807, 2.05) is 59.0 Å². The van der Waals surface area contributed by atoms with Gasteiger partial charge < -0.3 is 39.5 Å². The molecule has 5 aromatic carbocycles. The minimum Gasteiger partial charge on any atom is -0.371 e. The number of pyridine rings is 4. The van der Waals surface area contributed by atoms with Crippen LogP contribution in [-0.2, 0) is 39.0 Å². The first kappa shape index (κ1) is 66.3. The van der Waals surface area contributed by atoms with Crippen molar-refractivity contribution >= 4 is 111 Å². The van der Waals surface area contributed by atoms with Crippen molar-refractivity contribution in [1.29, 1.82) is 0 Å². The third-order valence-electron chi connectivity index (χ3n) is 18.5. The summed E-state index contributed by atoms with van der Waals surface area (Å²) >= 11 is 0. The van der Waals surface area contributed by atoms with Crippen LogP contribution in [0, 0.1) is 18.8 Å². The van der Waals surface area contributed by atoms with Gasteiger partial charge in [0.1, 0.15) is 33.7 Å². The quantitative estimate of drug-likeness (QED) is 0.0448. The smallest absolute Gasteiger partial charge is 0.154 e. The number of anilines is 4. The number of hydrogen-bond acceptors (Lipinski definition) is 12. The molecule has 0 atom stereocenters. The summed E-state index contributed by atoms with van der Waals surface area (Å²) < 4.78 is 9.40. The van der Waals surface area contributed by atoms with E-state index in [0.717, 1.165) is 124 Å². The van der Waals surface area contributed by atoms with Gasteiger partial charge >= 0.3 is 0 Å². The summed E-state index contributed by atoms with van der Waals surface area (Å²) in [4.78, 5) is 37.9. The van der Waals surface area contributed by atoms with Crippen LogP contribution in [0.25, 0.3) is 87.7 Å². The standard InChI is InChI=1S/C23H26N4.C19H24N4.C19H26N4.C17H22N4/c1-16(2)15-27-20(14-13-17-9-5-4-6-10-17)26-21-22(27)18-11-7-8-12-19(18)25-23(21)24-3;1-13-21-17-18(23(13)12-14-8-4-3-5-9-14)15-10-6-7-11-16(15)22-19(17)20-2;1-3-4-5-6-7-10-13-23-14-21-17-18(23)15-11-8-9-12-16(15)22-19(17)20-2;1-3-4-5-8-11-21-12-19-15-16(21)13-9-6-7-10-14(13)20-17(15)18-2/h4-12,16H,13-15H2,1-3H3,(H,24,25);6-7,10-11,14H,3-5,8-9,12H2,1-2H3,(H,20,22);8-9,11-12,14H,3-7,10,13H2,1-2H3,(H,20,22);6-7,9-10,12H,3-5,8,11H2,1-2H3,(H,18,20). The van der Waals surface area contributed by atoms with Crippen molar-refractivity contribution in [2.75, 3.05) is 49.5 Å². The van der Waals surface area contributed by atoms with Gasteiger partial charge in [0.25, 0.3) is 0 Å². The van der Waals surface area contributed by atoms with E-state index in [2.05, 4.69) is 203 Å². The maximum absolute atomic E-state index is 5.04. The molecule has 16 heteroatoms. The van der Waals surface area contributed by atoms with Gasteiger partial charge in [-0.2, -0.15) is 0 Å². The SMILES string of the molecule is CCCCCCCCn1cnc2c(NC)nc3ccccc3c21.CCCCCCn1cnc2c(NC)nc3ccccc3c21.CNc1nc2ccccc2c2c1nc(C)n2CC1CCCCC1.CNc1nc2ccccc2c2c1nc(CCc1ccccc1)n2CC(C)C. The maximum Gasteiger partial charge on any atom is 0.154 e. The molecule has 0 spiro atoms. The summed E-state index contributed by atoms with van der Waals surface area (Å²) in [5.41, 5.74) is 14.2. The van der Waals surface area contributed by atoms with E-state index < -0.39 is 0 Å². The third-order valence-corrected chi connectivity index (χ3v) is 18.5. The number of unbranched alkanes of at least 4 members (excludes halogenated alkanes) is 8. The molecule has 1 aliphatic rings. The molecule has 1 fully saturated rings. The molecule has 0 saturated heterocycles. The number of imidazole rings is 4. The Morgan fingerprint density at radius 3 is 1.30 bits per heavy atom. The fraction of sp³-hybridized carbons (Fsp3) is 0.410. The lowest BCUT2D eigenvalue weighted by Crippen LogP contribution is -2.15. The van der Waals surface area contributed by atoms with Crippen LogP contribution in [0.4, 0.5) is 23.3 Å². The highest BCUT2D eigenvalue weighted by atomic mass is 15.1. The first-order valence-electron chi connectivity index (χ1n) is 34.9. The zero-order chi connectivity index (χ0) is 65.3. The highest BCUT2D eigenvalue weighted by molar-refractivity contribution is 6.09. The molecule has 16 nitrogen and oxygen atoms in total. The van der Waals surface area contributed by atoms with E-state index in [9.17, 15) is 0 Å². The van der Waals surface area contributed by atoms with Crippen molar-refractivity contribution in [3.8, 4) is 0 Å². The highest BCUT2D eigenvalue weighted by Gasteiger charge is 2.22. The predicted molar refractivity (Wildman–Crippen MR) is 396 cm³/mol. The fourth-order valence-corrected chi connectivity index (χ4v) is 13.7. The molecule has 94 heavy (non-hydrogen) atoms. The largest absolute Gasteiger partial charge is 0.371 e. The van der Waals surface area contributed by atoms with Crippen molar-refractivity contribution in [3.05, 3.63) is 157 Å². The predicted octanol–water partition coefficient (Wildman–Crippen LogP) is 18.8. The number of rotatable bonds is 23. The summed E-state index contributed by atoms with van der Waals surface area (Å²) in [6.45, 7) is 15.2. The van der Waals surface area contributed by atoms with Crippen molar-refractivity contribution in [2.24, 2.45) is 11.8 Å². The van der Waals surface area contributed by atoms with Crippen LogP contribution in [-0.4, -0.2) is 86.3 Å². The highest BCUT2D eigenvalue weighted by Crippen LogP contribution is 2.36. The van der Waals surface area contributed by atoms with Crippen molar-refractivity contribution in [3.63, 3.8) is 0 Å². The normalized spacial score (nSPS) is 12.6. The Balaban J connectivity index is 0.000000128. The number of benzene rings is 5. The molecular weight excluding hydrogens is 1160 g/mol. The number of nitrogens with zero attached hydrogens (tertiary/aromatic N) is 12. The average molecular weight is 1260 g/mol. The minimum absolute atomic E-state index is 0.544. The Morgan fingerprint density at radius 1 is 0.426 bits per heavy atom. The molecule has 0 aliphatic heterocycles. The fourth-order valence-electron chi connectivity index (χ4n) is 13.7. The molecule has 1 saturated carbocycles. The van der Waals surface area contributed by atoms with Crippen LogP contribution in [0.15, 0.2) is 140 Å². The Bertz CT molecular complexity index is 4590. The number of aryl methyl sites for hydroxylation is 5. The van der Waals surface area contributed by atoms with Crippen molar-refractivity contribution < 1.29 is 0 Å². The van der Waals surface area contributed by atoms with Gasteiger partial charge in [0, 0.05) is 82.3 Å². The number of fused-ring (bicyclic) bond motifs is 12. The first-order valence-corrected chi connectivity index (χ1v) is 34.9. The number of hydrogen-bond donors (Lipinski definition) is 4. The number of aromatic nitrogens is 12.